The molecule has 4 nitrogen and oxygen atoms in total. The Bertz CT molecular complexity index is 704. The van der Waals surface area contributed by atoms with Crippen molar-refractivity contribution in [2.75, 3.05) is 11.9 Å². The molecule has 0 aliphatic carbocycles. The summed E-state index contributed by atoms with van der Waals surface area (Å²) in [6.07, 6.45) is 0.264. The van der Waals surface area contributed by atoms with Gasteiger partial charge in [-0.1, -0.05) is 13.8 Å². The monoisotopic (exact) mass is 354 g/mol. The maximum Gasteiger partial charge on any atom is 0.254 e. The topological polar surface area (TPSA) is 51.2 Å². The van der Waals surface area contributed by atoms with Gasteiger partial charge in [0, 0.05) is 17.6 Å². The minimum absolute atomic E-state index is 0.0629. The molecule has 1 heterocycles. The first-order valence-corrected chi connectivity index (χ1v) is 8.58. The molecule has 0 saturated carbocycles. The van der Waals surface area contributed by atoms with Gasteiger partial charge in [-0.25, -0.2) is 13.8 Å². The van der Waals surface area contributed by atoms with Gasteiger partial charge < -0.3 is 4.74 Å². The lowest BCUT2D eigenvalue weighted by atomic mass is 10.1. The number of benzene rings is 1. The van der Waals surface area contributed by atoms with E-state index in [4.69, 9.17) is 4.74 Å². The second-order valence-corrected chi connectivity index (χ2v) is 6.70. The summed E-state index contributed by atoms with van der Waals surface area (Å²) in [5, 5.41) is 4.52. The number of thiazole rings is 1. The number of halogens is 2. The highest BCUT2D eigenvalue weighted by Crippen LogP contribution is 2.27. The highest BCUT2D eigenvalue weighted by atomic mass is 32.1. The van der Waals surface area contributed by atoms with Crippen LogP contribution >= 0.6 is 11.3 Å². The van der Waals surface area contributed by atoms with E-state index in [1.54, 1.807) is 12.3 Å². The lowest BCUT2D eigenvalue weighted by molar-refractivity contribution is -0.126. The average molecular weight is 354 g/mol. The Labute approximate surface area is 143 Å². The van der Waals surface area contributed by atoms with Crippen LogP contribution in [0.2, 0.25) is 0 Å². The van der Waals surface area contributed by atoms with Gasteiger partial charge in [-0.2, -0.15) is 0 Å². The van der Waals surface area contributed by atoms with E-state index in [9.17, 15) is 13.6 Å². The predicted molar refractivity (Wildman–Crippen MR) is 91.0 cm³/mol. The van der Waals surface area contributed by atoms with Crippen LogP contribution in [-0.4, -0.2) is 23.6 Å². The normalized spacial score (nSPS) is 12.4. The molecule has 0 aliphatic rings. The molecule has 130 valence electrons. The number of nitrogens with one attached hydrogen (secondary N) is 1. The second kappa shape index (κ2) is 8.30. The van der Waals surface area contributed by atoms with E-state index in [-0.39, 0.29) is 17.2 Å². The number of anilines is 1. The Morgan fingerprint density at radius 2 is 2.08 bits per heavy atom. The SMILES string of the molecule is CC(C)CCOC(C)C(=O)Nc1nc(-c2cc(F)ccc2F)cs1. The molecule has 1 aromatic heterocycles. The summed E-state index contributed by atoms with van der Waals surface area (Å²) in [7, 11) is 0. The van der Waals surface area contributed by atoms with Gasteiger partial charge in [0.15, 0.2) is 5.13 Å². The van der Waals surface area contributed by atoms with Crippen molar-refractivity contribution in [3.05, 3.63) is 35.2 Å². The van der Waals surface area contributed by atoms with Crippen molar-refractivity contribution >= 4 is 22.4 Å². The van der Waals surface area contributed by atoms with Crippen LogP contribution in [0.3, 0.4) is 0 Å². The van der Waals surface area contributed by atoms with E-state index >= 15 is 0 Å². The van der Waals surface area contributed by atoms with E-state index in [0.29, 0.717) is 17.7 Å². The molecule has 0 spiro atoms. The van der Waals surface area contributed by atoms with Gasteiger partial charge in [0.1, 0.15) is 17.7 Å². The maximum atomic E-state index is 13.8. The number of carbonyl (C=O) groups is 1. The maximum absolute atomic E-state index is 13.8. The van der Waals surface area contributed by atoms with Crippen LogP contribution in [0, 0.1) is 17.6 Å². The molecule has 2 aromatic rings. The number of ether oxygens (including phenoxy) is 1. The molecule has 1 N–H and O–H groups in total. The van der Waals surface area contributed by atoms with E-state index in [1.807, 2.05) is 0 Å². The lowest BCUT2D eigenvalue weighted by Crippen LogP contribution is -2.28. The highest BCUT2D eigenvalue weighted by Gasteiger charge is 2.16. The first-order chi connectivity index (χ1) is 11.4. The molecule has 0 radical (unpaired) electrons. The summed E-state index contributed by atoms with van der Waals surface area (Å²) in [5.41, 5.74) is 0.341. The number of amides is 1. The van der Waals surface area contributed by atoms with Crippen molar-refractivity contribution < 1.29 is 18.3 Å². The van der Waals surface area contributed by atoms with E-state index in [2.05, 4.69) is 24.1 Å². The fourth-order valence-corrected chi connectivity index (χ4v) is 2.63. The first kappa shape index (κ1) is 18.5. The van der Waals surface area contributed by atoms with Crippen molar-refractivity contribution in [3.8, 4) is 11.3 Å². The summed E-state index contributed by atoms with van der Waals surface area (Å²) < 4.78 is 32.5. The molecule has 0 fully saturated rings. The van der Waals surface area contributed by atoms with Crippen molar-refractivity contribution in [2.45, 2.75) is 33.3 Å². The van der Waals surface area contributed by atoms with E-state index in [0.717, 1.165) is 36.0 Å². The number of carbonyl (C=O) groups excluding carboxylic acids is 1. The van der Waals surface area contributed by atoms with Crippen LogP contribution in [-0.2, 0) is 9.53 Å². The largest absolute Gasteiger partial charge is 0.369 e. The van der Waals surface area contributed by atoms with Gasteiger partial charge >= 0.3 is 0 Å². The number of nitrogens with zero attached hydrogens (tertiary/aromatic N) is 1. The van der Waals surface area contributed by atoms with Gasteiger partial charge in [0.05, 0.1) is 5.69 Å². The Balaban J connectivity index is 1.98. The summed E-state index contributed by atoms with van der Waals surface area (Å²) in [6.45, 7) is 6.33. The molecule has 24 heavy (non-hydrogen) atoms. The third-order valence-corrected chi connectivity index (χ3v) is 4.13. The number of rotatable bonds is 7. The van der Waals surface area contributed by atoms with Crippen molar-refractivity contribution in [1.82, 2.24) is 4.98 Å². The first-order valence-electron chi connectivity index (χ1n) is 7.70. The predicted octanol–water partition coefficient (Wildman–Crippen LogP) is 4.48. The summed E-state index contributed by atoms with van der Waals surface area (Å²) in [6, 6.07) is 3.17. The fraction of sp³-hybridized carbons (Fsp3) is 0.412. The van der Waals surface area contributed by atoms with Crippen LogP contribution in [0.5, 0.6) is 0 Å². The zero-order chi connectivity index (χ0) is 17.7. The van der Waals surface area contributed by atoms with Crippen molar-refractivity contribution in [1.29, 1.82) is 0 Å². The Morgan fingerprint density at radius 3 is 2.79 bits per heavy atom. The van der Waals surface area contributed by atoms with Gasteiger partial charge in [0.25, 0.3) is 5.91 Å². The number of hydrogen-bond acceptors (Lipinski definition) is 4. The van der Waals surface area contributed by atoms with Gasteiger partial charge in [-0.3, -0.25) is 10.1 Å². The average Bonchev–Trinajstić information content (AvgIpc) is 2.97. The fourth-order valence-electron chi connectivity index (χ4n) is 1.91. The molecule has 0 aliphatic heterocycles. The van der Waals surface area contributed by atoms with Gasteiger partial charge in [0.2, 0.25) is 0 Å². The smallest absolute Gasteiger partial charge is 0.254 e. The minimum atomic E-state index is -0.609. The highest BCUT2D eigenvalue weighted by molar-refractivity contribution is 7.14. The number of aromatic nitrogens is 1. The molecule has 2 rings (SSSR count). The van der Waals surface area contributed by atoms with Crippen LogP contribution in [0.1, 0.15) is 27.2 Å². The zero-order valence-corrected chi connectivity index (χ0v) is 14.6. The Morgan fingerprint density at radius 1 is 1.33 bits per heavy atom. The van der Waals surface area contributed by atoms with E-state index < -0.39 is 17.7 Å². The van der Waals surface area contributed by atoms with Crippen LogP contribution in [0.15, 0.2) is 23.6 Å². The molecule has 0 saturated heterocycles. The lowest BCUT2D eigenvalue weighted by Gasteiger charge is -2.13. The molecule has 1 atom stereocenters. The Hall–Kier alpha value is -1.86. The van der Waals surface area contributed by atoms with Crippen molar-refractivity contribution in [2.24, 2.45) is 5.92 Å². The summed E-state index contributed by atoms with van der Waals surface area (Å²) >= 11 is 1.15. The molecule has 1 amide bonds. The third-order valence-electron chi connectivity index (χ3n) is 3.37. The van der Waals surface area contributed by atoms with Crippen LogP contribution in [0.4, 0.5) is 13.9 Å². The molecule has 7 heteroatoms. The van der Waals surface area contributed by atoms with Crippen molar-refractivity contribution in [3.63, 3.8) is 0 Å². The van der Waals surface area contributed by atoms with Crippen LogP contribution in [0.25, 0.3) is 11.3 Å². The van der Waals surface area contributed by atoms with Gasteiger partial charge in [-0.15, -0.1) is 11.3 Å². The van der Waals surface area contributed by atoms with E-state index in [1.165, 1.54) is 0 Å². The van der Waals surface area contributed by atoms with Crippen LogP contribution < -0.4 is 5.32 Å². The third kappa shape index (κ3) is 5.07. The molecule has 0 bridgehead atoms. The molecular formula is C17H20F2N2O2S. The molecular weight excluding hydrogens is 334 g/mol. The summed E-state index contributed by atoms with van der Waals surface area (Å²) in [4.78, 5) is 16.2. The second-order valence-electron chi connectivity index (χ2n) is 5.85. The zero-order valence-electron chi connectivity index (χ0n) is 13.8. The molecule has 1 unspecified atom stereocenters. The van der Waals surface area contributed by atoms with Gasteiger partial charge in [-0.05, 0) is 37.5 Å². The quantitative estimate of drug-likeness (QED) is 0.798. The molecule has 1 aromatic carbocycles. The Kier molecular flexibility index (Phi) is 6.39. The minimum Gasteiger partial charge on any atom is -0.369 e. The standard InChI is InChI=1S/C17H20F2N2O2S/c1-10(2)6-7-23-11(3)16(22)21-17-20-15(9-24-17)13-8-12(18)4-5-14(13)19/h4-5,8-11H,6-7H2,1-3H3,(H,20,21,22). The summed E-state index contributed by atoms with van der Waals surface area (Å²) in [5.74, 6) is -0.926. The number of hydrogen-bond donors (Lipinski definition) is 1.